The number of methoxy groups -OCH3 is 1. The van der Waals surface area contributed by atoms with Crippen molar-refractivity contribution in [3.63, 3.8) is 0 Å². The van der Waals surface area contributed by atoms with Crippen LogP contribution in [0.2, 0.25) is 0 Å². The number of rotatable bonds is 7. The van der Waals surface area contributed by atoms with Crippen LogP contribution < -0.4 is 14.8 Å². The smallest absolute Gasteiger partial charge is 0.344 e. The third-order valence-electron chi connectivity index (χ3n) is 5.29. The fourth-order valence-corrected chi connectivity index (χ4v) is 3.52. The maximum atomic E-state index is 12.8. The predicted molar refractivity (Wildman–Crippen MR) is 122 cm³/mol. The van der Waals surface area contributed by atoms with E-state index in [-0.39, 0.29) is 29.3 Å². The highest BCUT2D eigenvalue weighted by Crippen LogP contribution is 2.29. The molecular weight excluding hydrogens is 438 g/mol. The molecule has 1 amide bonds. The summed E-state index contributed by atoms with van der Waals surface area (Å²) in [6.45, 7) is 1.04. The van der Waals surface area contributed by atoms with Crippen LogP contribution in [0.1, 0.15) is 38.8 Å². The van der Waals surface area contributed by atoms with Crippen LogP contribution in [-0.4, -0.2) is 43.3 Å². The Balaban J connectivity index is 1.36. The molecule has 0 saturated heterocycles. The van der Waals surface area contributed by atoms with E-state index in [0.717, 1.165) is 0 Å². The summed E-state index contributed by atoms with van der Waals surface area (Å²) in [4.78, 5) is 50.1. The van der Waals surface area contributed by atoms with Crippen LogP contribution in [0.15, 0.2) is 66.7 Å². The van der Waals surface area contributed by atoms with Gasteiger partial charge in [0.15, 0.2) is 24.3 Å². The Morgan fingerprint density at radius 1 is 0.824 bits per heavy atom. The second-order valence-corrected chi connectivity index (χ2v) is 7.55. The van der Waals surface area contributed by atoms with Crippen LogP contribution in [0.4, 0.5) is 5.69 Å². The number of benzene rings is 3. The molecule has 1 N–H and O–H groups in total. The largest absolute Gasteiger partial charge is 0.497 e. The zero-order chi connectivity index (χ0) is 24.2. The van der Waals surface area contributed by atoms with Gasteiger partial charge in [-0.05, 0) is 49.4 Å². The second-order valence-electron chi connectivity index (χ2n) is 7.55. The number of hydrogen-bond donors (Lipinski definition) is 1. The number of carbonyl (C=O) groups is 4. The second kappa shape index (κ2) is 9.58. The first-order chi connectivity index (χ1) is 16.4. The van der Waals surface area contributed by atoms with Gasteiger partial charge >= 0.3 is 5.97 Å². The fourth-order valence-electron chi connectivity index (χ4n) is 3.52. The summed E-state index contributed by atoms with van der Waals surface area (Å²) < 4.78 is 15.5. The van der Waals surface area contributed by atoms with Gasteiger partial charge in [0.2, 0.25) is 0 Å². The van der Waals surface area contributed by atoms with Crippen molar-refractivity contribution in [3.8, 4) is 11.5 Å². The number of ether oxygens (including phenoxy) is 3. The highest BCUT2D eigenvalue weighted by atomic mass is 16.6. The molecule has 1 unspecified atom stereocenters. The first kappa shape index (κ1) is 22.7. The molecule has 0 saturated carbocycles. The average Bonchev–Trinajstić information content (AvgIpc) is 2.86. The maximum absolute atomic E-state index is 12.8. The minimum absolute atomic E-state index is 0.207. The summed E-state index contributed by atoms with van der Waals surface area (Å²) in [7, 11) is 1.54. The zero-order valence-corrected chi connectivity index (χ0v) is 18.5. The molecule has 1 aliphatic rings. The van der Waals surface area contributed by atoms with Gasteiger partial charge < -0.3 is 19.5 Å². The average molecular weight is 459 g/mol. The van der Waals surface area contributed by atoms with Gasteiger partial charge in [0.1, 0.15) is 11.5 Å². The van der Waals surface area contributed by atoms with Gasteiger partial charge in [-0.25, -0.2) is 4.79 Å². The van der Waals surface area contributed by atoms with E-state index in [1.165, 1.54) is 25.1 Å². The van der Waals surface area contributed by atoms with Crippen LogP contribution in [0.25, 0.3) is 0 Å². The molecule has 0 spiro atoms. The number of ketones is 2. The standard InChI is InChI=1S/C26H21NO7/c1-15(34-23(28)14-33-18-10-8-17(32-2)9-11-18)26(31)27-16-7-12-21-22(13-16)25(30)20-6-4-3-5-19(20)24(21)29/h3-13,15H,14H2,1-2H3,(H,27,31). The first-order valence-electron chi connectivity index (χ1n) is 10.5. The number of anilines is 1. The number of nitrogens with one attached hydrogen (secondary N) is 1. The highest BCUT2D eigenvalue weighted by Gasteiger charge is 2.29. The molecule has 0 fully saturated rings. The van der Waals surface area contributed by atoms with Gasteiger partial charge in [0, 0.05) is 27.9 Å². The molecule has 0 heterocycles. The van der Waals surface area contributed by atoms with E-state index in [0.29, 0.717) is 28.3 Å². The van der Waals surface area contributed by atoms with Crippen molar-refractivity contribution in [3.05, 3.63) is 89.0 Å². The lowest BCUT2D eigenvalue weighted by molar-refractivity contribution is -0.155. The lowest BCUT2D eigenvalue weighted by Gasteiger charge is -2.19. The van der Waals surface area contributed by atoms with E-state index in [9.17, 15) is 19.2 Å². The Kier molecular flexibility index (Phi) is 6.40. The quantitative estimate of drug-likeness (QED) is 0.422. The van der Waals surface area contributed by atoms with Crippen LogP contribution in [0, 0.1) is 0 Å². The molecule has 1 atom stereocenters. The van der Waals surface area contributed by atoms with Crippen molar-refractivity contribution in [2.45, 2.75) is 13.0 Å². The van der Waals surface area contributed by atoms with Crippen LogP contribution >= 0.6 is 0 Å². The molecule has 8 heteroatoms. The van der Waals surface area contributed by atoms with Crippen LogP contribution in [0.3, 0.4) is 0 Å². The van der Waals surface area contributed by atoms with Crippen LogP contribution in [0.5, 0.6) is 11.5 Å². The van der Waals surface area contributed by atoms with E-state index in [2.05, 4.69) is 5.32 Å². The minimum Gasteiger partial charge on any atom is -0.497 e. The van der Waals surface area contributed by atoms with Gasteiger partial charge in [-0.1, -0.05) is 24.3 Å². The van der Waals surface area contributed by atoms with Crippen molar-refractivity contribution >= 4 is 29.1 Å². The minimum atomic E-state index is -1.11. The number of esters is 1. The summed E-state index contributed by atoms with van der Waals surface area (Å²) in [5, 5.41) is 2.61. The van der Waals surface area contributed by atoms with Crippen molar-refractivity contribution in [1.29, 1.82) is 0 Å². The van der Waals surface area contributed by atoms with Crippen LogP contribution in [-0.2, 0) is 14.3 Å². The van der Waals surface area contributed by atoms with E-state index in [4.69, 9.17) is 14.2 Å². The number of carbonyl (C=O) groups excluding carboxylic acids is 4. The van der Waals surface area contributed by atoms with Gasteiger partial charge in [-0.3, -0.25) is 14.4 Å². The lowest BCUT2D eigenvalue weighted by Crippen LogP contribution is -2.32. The molecule has 4 rings (SSSR count). The molecule has 0 aliphatic heterocycles. The van der Waals surface area contributed by atoms with Gasteiger partial charge in [0.05, 0.1) is 7.11 Å². The molecule has 3 aromatic carbocycles. The van der Waals surface area contributed by atoms with Crippen molar-refractivity contribution < 1.29 is 33.4 Å². The normalized spacial score (nSPS) is 12.8. The molecule has 172 valence electrons. The molecule has 0 bridgehead atoms. The highest BCUT2D eigenvalue weighted by molar-refractivity contribution is 6.28. The summed E-state index contributed by atoms with van der Waals surface area (Å²) in [6, 6.07) is 17.7. The summed E-state index contributed by atoms with van der Waals surface area (Å²) in [6.07, 6.45) is -1.11. The van der Waals surface area contributed by atoms with E-state index in [1.807, 2.05) is 0 Å². The molecule has 1 aliphatic carbocycles. The van der Waals surface area contributed by atoms with Crippen molar-refractivity contribution in [2.24, 2.45) is 0 Å². The zero-order valence-electron chi connectivity index (χ0n) is 18.5. The van der Waals surface area contributed by atoms with E-state index < -0.39 is 18.0 Å². The molecule has 34 heavy (non-hydrogen) atoms. The van der Waals surface area contributed by atoms with Crippen molar-refractivity contribution in [2.75, 3.05) is 19.0 Å². The molecule has 3 aromatic rings. The Bertz CT molecular complexity index is 1280. The number of fused-ring (bicyclic) bond motifs is 2. The number of amides is 1. The molecule has 0 aromatic heterocycles. The van der Waals surface area contributed by atoms with Crippen molar-refractivity contribution in [1.82, 2.24) is 0 Å². The lowest BCUT2D eigenvalue weighted by atomic mass is 9.84. The SMILES string of the molecule is COc1ccc(OCC(=O)OC(C)C(=O)Nc2ccc3c(c2)C(=O)c2ccccc2C3=O)cc1. The van der Waals surface area contributed by atoms with Gasteiger partial charge in [-0.2, -0.15) is 0 Å². The summed E-state index contributed by atoms with van der Waals surface area (Å²) in [5.74, 6) is -0.755. The summed E-state index contributed by atoms with van der Waals surface area (Å²) in [5.41, 5.74) is 1.47. The van der Waals surface area contributed by atoms with E-state index in [1.54, 1.807) is 55.6 Å². The fraction of sp³-hybridized carbons (Fsp3) is 0.154. The number of hydrogen-bond acceptors (Lipinski definition) is 7. The third-order valence-corrected chi connectivity index (χ3v) is 5.29. The Morgan fingerprint density at radius 3 is 2.06 bits per heavy atom. The van der Waals surface area contributed by atoms with Gasteiger partial charge in [-0.15, -0.1) is 0 Å². The first-order valence-corrected chi connectivity index (χ1v) is 10.5. The Morgan fingerprint density at radius 2 is 1.41 bits per heavy atom. The topological polar surface area (TPSA) is 108 Å². The summed E-state index contributed by atoms with van der Waals surface area (Å²) >= 11 is 0. The Hall–Kier alpha value is -4.46. The Labute approximate surface area is 195 Å². The molecule has 0 radical (unpaired) electrons. The van der Waals surface area contributed by atoms with Gasteiger partial charge in [0.25, 0.3) is 5.91 Å². The monoisotopic (exact) mass is 459 g/mol. The predicted octanol–water partition coefficient (Wildman–Crippen LogP) is 3.42. The molecular formula is C26H21NO7. The van der Waals surface area contributed by atoms with E-state index >= 15 is 0 Å². The third kappa shape index (κ3) is 4.66. The molecule has 8 nitrogen and oxygen atoms in total. The maximum Gasteiger partial charge on any atom is 0.344 e.